The van der Waals surface area contributed by atoms with E-state index in [1.54, 1.807) is 0 Å². The monoisotopic (exact) mass is 236 g/mol. The molecule has 0 fully saturated rings. The zero-order chi connectivity index (χ0) is 11.8. The molecule has 0 aliphatic rings. The van der Waals surface area contributed by atoms with Crippen LogP contribution < -0.4 is 0 Å². The molecule has 0 aromatic heterocycles. The molecule has 15 heavy (non-hydrogen) atoms. The molecule has 1 aromatic carbocycles. The fourth-order valence-electron chi connectivity index (χ4n) is 1.29. The van der Waals surface area contributed by atoms with E-state index in [0.717, 1.165) is 12.1 Å². The lowest BCUT2D eigenvalue weighted by Crippen LogP contribution is -2.08. The van der Waals surface area contributed by atoms with Crippen LogP contribution in [-0.4, -0.2) is 5.78 Å². The van der Waals surface area contributed by atoms with Gasteiger partial charge in [-0.2, -0.15) is 13.2 Å². The van der Waals surface area contributed by atoms with Gasteiger partial charge in [0.15, 0.2) is 5.78 Å². The van der Waals surface area contributed by atoms with Gasteiger partial charge < -0.3 is 0 Å². The average molecular weight is 237 g/mol. The summed E-state index contributed by atoms with van der Waals surface area (Å²) >= 11 is 5.55. The Balaban J connectivity index is 3.41. The van der Waals surface area contributed by atoms with Crippen molar-refractivity contribution in [2.45, 2.75) is 20.0 Å². The molecule has 0 aliphatic carbocycles. The molecule has 1 nitrogen and oxygen atoms in total. The molecular weight excluding hydrogens is 229 g/mol. The highest BCUT2D eigenvalue weighted by Crippen LogP contribution is 2.37. The number of hydrogen-bond donors (Lipinski definition) is 0. The molecule has 5 heteroatoms. The summed E-state index contributed by atoms with van der Waals surface area (Å²) in [6, 6.07) is 1.97. The smallest absolute Gasteiger partial charge is 0.295 e. The standard InChI is InChI=1S/C10H8ClF3O/c1-5-7(6(2)15)3-4-8(9(5)11)10(12,13)14/h3-4H,1-2H3. The van der Waals surface area contributed by atoms with Crippen LogP contribution >= 0.6 is 11.6 Å². The van der Waals surface area contributed by atoms with Gasteiger partial charge in [0, 0.05) is 5.56 Å². The highest BCUT2D eigenvalue weighted by atomic mass is 35.5. The van der Waals surface area contributed by atoms with E-state index < -0.39 is 16.8 Å². The molecule has 0 aliphatic heterocycles. The van der Waals surface area contributed by atoms with Gasteiger partial charge in [-0.05, 0) is 25.5 Å². The summed E-state index contributed by atoms with van der Waals surface area (Å²) in [5.74, 6) is -0.303. The lowest BCUT2D eigenvalue weighted by atomic mass is 10.0. The van der Waals surface area contributed by atoms with Crippen LogP contribution in [0.3, 0.4) is 0 Å². The molecule has 0 N–H and O–H groups in total. The van der Waals surface area contributed by atoms with Gasteiger partial charge in [0.05, 0.1) is 10.6 Å². The molecular formula is C10H8ClF3O. The van der Waals surface area contributed by atoms with Crippen LogP contribution in [0.1, 0.15) is 28.4 Å². The second kappa shape index (κ2) is 3.85. The SMILES string of the molecule is CC(=O)c1ccc(C(F)(F)F)c(Cl)c1C. The van der Waals surface area contributed by atoms with Crippen LogP contribution in [-0.2, 0) is 6.18 Å². The van der Waals surface area contributed by atoms with Crippen molar-refractivity contribution in [2.75, 3.05) is 0 Å². The molecule has 0 radical (unpaired) electrons. The predicted molar refractivity (Wildman–Crippen MR) is 51.2 cm³/mol. The fourth-order valence-corrected chi connectivity index (χ4v) is 1.56. The first kappa shape index (κ1) is 12.0. The Kier molecular flexibility index (Phi) is 3.09. The molecule has 82 valence electrons. The van der Waals surface area contributed by atoms with Crippen LogP contribution in [0, 0.1) is 6.92 Å². The van der Waals surface area contributed by atoms with Crippen molar-refractivity contribution < 1.29 is 18.0 Å². The molecule has 0 spiro atoms. The minimum atomic E-state index is -4.49. The molecule has 1 rings (SSSR count). The van der Waals surface area contributed by atoms with Gasteiger partial charge in [-0.15, -0.1) is 0 Å². The Morgan fingerprint density at radius 3 is 2.27 bits per heavy atom. The quantitative estimate of drug-likeness (QED) is 0.677. The van der Waals surface area contributed by atoms with Crippen molar-refractivity contribution in [1.82, 2.24) is 0 Å². The highest BCUT2D eigenvalue weighted by Gasteiger charge is 2.34. The Morgan fingerprint density at radius 2 is 1.87 bits per heavy atom. The third-order valence-corrected chi connectivity index (χ3v) is 2.56. The summed E-state index contributed by atoms with van der Waals surface area (Å²) in [6.45, 7) is 2.68. The first-order valence-corrected chi connectivity index (χ1v) is 4.50. The number of alkyl halides is 3. The largest absolute Gasteiger partial charge is 0.417 e. The topological polar surface area (TPSA) is 17.1 Å². The van der Waals surface area contributed by atoms with E-state index in [0.29, 0.717) is 0 Å². The van der Waals surface area contributed by atoms with Gasteiger partial charge in [0.2, 0.25) is 0 Å². The summed E-state index contributed by atoms with van der Waals surface area (Å²) < 4.78 is 37.2. The number of Topliss-reactive ketones (excluding diaryl/α,β-unsaturated/α-hetero) is 1. The summed E-state index contributed by atoms with van der Waals surface area (Å²) in [7, 11) is 0. The summed E-state index contributed by atoms with van der Waals surface area (Å²) in [4.78, 5) is 11.0. The number of rotatable bonds is 1. The zero-order valence-corrected chi connectivity index (χ0v) is 8.83. The van der Waals surface area contributed by atoms with Crippen molar-refractivity contribution in [2.24, 2.45) is 0 Å². The number of halogens is 4. The maximum absolute atomic E-state index is 12.4. The third-order valence-electron chi connectivity index (χ3n) is 2.07. The van der Waals surface area contributed by atoms with Gasteiger partial charge in [-0.1, -0.05) is 17.7 Å². The molecule has 0 unspecified atom stereocenters. The van der Waals surface area contributed by atoms with Crippen LogP contribution in [0.15, 0.2) is 12.1 Å². The van der Waals surface area contributed by atoms with Gasteiger partial charge in [0.25, 0.3) is 0 Å². The molecule has 0 saturated carbocycles. The van der Waals surface area contributed by atoms with E-state index in [1.165, 1.54) is 13.8 Å². The fraction of sp³-hybridized carbons (Fsp3) is 0.300. The maximum Gasteiger partial charge on any atom is 0.417 e. The van der Waals surface area contributed by atoms with Crippen molar-refractivity contribution in [3.63, 3.8) is 0 Å². The first-order chi connectivity index (χ1) is 6.75. The highest BCUT2D eigenvalue weighted by molar-refractivity contribution is 6.32. The molecule has 0 bridgehead atoms. The Bertz CT molecular complexity index is 410. The van der Waals surface area contributed by atoms with Gasteiger partial charge in [-0.25, -0.2) is 0 Å². The number of ketones is 1. The van der Waals surface area contributed by atoms with Crippen molar-refractivity contribution >= 4 is 17.4 Å². The minimum absolute atomic E-state index is 0.166. The lowest BCUT2D eigenvalue weighted by Gasteiger charge is -2.12. The van der Waals surface area contributed by atoms with Crippen molar-refractivity contribution in [1.29, 1.82) is 0 Å². The molecule has 0 amide bonds. The van der Waals surface area contributed by atoms with E-state index in [9.17, 15) is 18.0 Å². The summed E-state index contributed by atoms with van der Waals surface area (Å²) in [5.41, 5.74) is -0.529. The van der Waals surface area contributed by atoms with E-state index in [4.69, 9.17) is 11.6 Å². The maximum atomic E-state index is 12.4. The third kappa shape index (κ3) is 2.31. The predicted octanol–water partition coefficient (Wildman–Crippen LogP) is 3.87. The van der Waals surface area contributed by atoms with Crippen LogP contribution in [0.25, 0.3) is 0 Å². The zero-order valence-electron chi connectivity index (χ0n) is 8.07. The van der Waals surface area contributed by atoms with Crippen molar-refractivity contribution in [3.8, 4) is 0 Å². The Labute approximate surface area is 89.9 Å². The Morgan fingerprint density at radius 1 is 1.33 bits per heavy atom. The first-order valence-electron chi connectivity index (χ1n) is 4.12. The van der Waals surface area contributed by atoms with E-state index in [1.807, 2.05) is 0 Å². The second-order valence-electron chi connectivity index (χ2n) is 3.15. The van der Waals surface area contributed by atoms with E-state index in [-0.39, 0.29) is 16.9 Å². The summed E-state index contributed by atoms with van der Waals surface area (Å²) in [5, 5.41) is -0.407. The molecule has 0 heterocycles. The Hall–Kier alpha value is -1.03. The normalized spacial score (nSPS) is 11.6. The van der Waals surface area contributed by atoms with Gasteiger partial charge in [-0.3, -0.25) is 4.79 Å². The number of carbonyl (C=O) groups is 1. The van der Waals surface area contributed by atoms with Crippen LogP contribution in [0.5, 0.6) is 0 Å². The lowest BCUT2D eigenvalue weighted by molar-refractivity contribution is -0.137. The second-order valence-corrected chi connectivity index (χ2v) is 3.53. The average Bonchev–Trinajstić information content (AvgIpc) is 2.06. The van der Waals surface area contributed by atoms with E-state index in [2.05, 4.69) is 0 Å². The van der Waals surface area contributed by atoms with Gasteiger partial charge in [0.1, 0.15) is 0 Å². The molecule has 0 saturated heterocycles. The van der Waals surface area contributed by atoms with Gasteiger partial charge >= 0.3 is 6.18 Å². The molecule has 0 atom stereocenters. The number of hydrogen-bond acceptors (Lipinski definition) is 1. The van der Waals surface area contributed by atoms with Crippen LogP contribution in [0.4, 0.5) is 13.2 Å². The number of carbonyl (C=O) groups excluding carboxylic acids is 1. The van der Waals surface area contributed by atoms with Crippen LogP contribution in [0.2, 0.25) is 5.02 Å². The van der Waals surface area contributed by atoms with E-state index >= 15 is 0 Å². The minimum Gasteiger partial charge on any atom is -0.295 e. The van der Waals surface area contributed by atoms with Crippen molar-refractivity contribution in [3.05, 3.63) is 33.8 Å². The molecule has 1 aromatic rings. The summed E-state index contributed by atoms with van der Waals surface area (Å²) in [6.07, 6.45) is -4.49. The number of benzene rings is 1.